The molecule has 2 aromatic carbocycles. The molecule has 0 radical (unpaired) electrons. The van der Waals surface area contributed by atoms with Crippen LogP contribution in [0.5, 0.6) is 5.75 Å². The SMILES string of the molecule is CCOc1ccccc1Nc1cc(C)nc2cc(C(F)(F)F)ccc12. The van der Waals surface area contributed by atoms with Crippen molar-refractivity contribution in [1.82, 2.24) is 4.98 Å². The first-order chi connectivity index (χ1) is 11.9. The maximum Gasteiger partial charge on any atom is 0.416 e. The molecule has 0 aliphatic carbocycles. The molecule has 0 unspecified atom stereocenters. The molecule has 1 heterocycles. The van der Waals surface area contributed by atoms with Crippen molar-refractivity contribution in [1.29, 1.82) is 0 Å². The van der Waals surface area contributed by atoms with Crippen molar-refractivity contribution in [2.24, 2.45) is 0 Å². The van der Waals surface area contributed by atoms with Crippen LogP contribution in [0, 0.1) is 6.92 Å². The van der Waals surface area contributed by atoms with Gasteiger partial charge in [0.15, 0.2) is 0 Å². The average molecular weight is 346 g/mol. The molecular weight excluding hydrogens is 329 g/mol. The summed E-state index contributed by atoms with van der Waals surface area (Å²) in [6.45, 7) is 4.16. The van der Waals surface area contributed by atoms with Gasteiger partial charge in [0.05, 0.1) is 23.4 Å². The van der Waals surface area contributed by atoms with Crippen LogP contribution >= 0.6 is 0 Å². The van der Waals surface area contributed by atoms with E-state index in [0.717, 1.165) is 17.8 Å². The molecule has 25 heavy (non-hydrogen) atoms. The molecule has 0 saturated carbocycles. The van der Waals surface area contributed by atoms with Gasteiger partial charge in [0.25, 0.3) is 0 Å². The van der Waals surface area contributed by atoms with Crippen LogP contribution in [-0.2, 0) is 6.18 Å². The molecule has 0 aliphatic rings. The van der Waals surface area contributed by atoms with Crippen LogP contribution in [0.1, 0.15) is 18.2 Å². The largest absolute Gasteiger partial charge is 0.492 e. The molecule has 0 atom stereocenters. The Balaban J connectivity index is 2.08. The van der Waals surface area contributed by atoms with E-state index in [2.05, 4.69) is 10.3 Å². The lowest BCUT2D eigenvalue weighted by Crippen LogP contribution is -2.05. The van der Waals surface area contributed by atoms with Gasteiger partial charge in [-0.15, -0.1) is 0 Å². The zero-order chi connectivity index (χ0) is 18.0. The fourth-order valence-electron chi connectivity index (χ4n) is 2.64. The van der Waals surface area contributed by atoms with E-state index in [1.165, 1.54) is 6.07 Å². The van der Waals surface area contributed by atoms with Gasteiger partial charge in [-0.25, -0.2) is 0 Å². The van der Waals surface area contributed by atoms with Crippen molar-refractivity contribution in [3.63, 3.8) is 0 Å². The molecule has 3 rings (SSSR count). The second-order valence-corrected chi connectivity index (χ2v) is 5.60. The van der Waals surface area contributed by atoms with E-state index >= 15 is 0 Å². The third-order valence-corrected chi connectivity index (χ3v) is 3.72. The monoisotopic (exact) mass is 346 g/mol. The summed E-state index contributed by atoms with van der Waals surface area (Å²) >= 11 is 0. The predicted molar refractivity (Wildman–Crippen MR) is 92.4 cm³/mol. The number of ether oxygens (including phenoxy) is 1. The quantitative estimate of drug-likeness (QED) is 0.657. The van der Waals surface area contributed by atoms with Crippen molar-refractivity contribution in [2.45, 2.75) is 20.0 Å². The molecule has 1 aromatic heterocycles. The molecular formula is C19H17F3N2O. The Hall–Kier alpha value is -2.76. The van der Waals surface area contributed by atoms with Crippen LogP contribution in [0.2, 0.25) is 0 Å². The number of pyridine rings is 1. The van der Waals surface area contributed by atoms with Crippen LogP contribution in [0.25, 0.3) is 10.9 Å². The fourth-order valence-corrected chi connectivity index (χ4v) is 2.64. The Labute approximate surface area is 143 Å². The average Bonchev–Trinajstić information content (AvgIpc) is 2.55. The Morgan fingerprint density at radius 1 is 1.04 bits per heavy atom. The minimum atomic E-state index is -4.39. The number of anilines is 2. The van der Waals surface area contributed by atoms with Gasteiger partial charge < -0.3 is 10.1 Å². The molecule has 3 nitrogen and oxygen atoms in total. The van der Waals surface area contributed by atoms with Crippen molar-refractivity contribution in [2.75, 3.05) is 11.9 Å². The van der Waals surface area contributed by atoms with Gasteiger partial charge in [-0.3, -0.25) is 4.98 Å². The number of aromatic nitrogens is 1. The number of aryl methyl sites for hydroxylation is 1. The first kappa shape index (κ1) is 17.1. The molecule has 130 valence electrons. The summed E-state index contributed by atoms with van der Waals surface area (Å²) in [6.07, 6.45) is -4.39. The number of alkyl halides is 3. The van der Waals surface area contributed by atoms with E-state index in [9.17, 15) is 13.2 Å². The maximum atomic E-state index is 12.9. The highest BCUT2D eigenvalue weighted by Gasteiger charge is 2.30. The summed E-state index contributed by atoms with van der Waals surface area (Å²) in [4.78, 5) is 4.24. The van der Waals surface area contributed by atoms with Gasteiger partial charge in [-0.1, -0.05) is 18.2 Å². The highest BCUT2D eigenvalue weighted by molar-refractivity contribution is 5.94. The van der Waals surface area contributed by atoms with Gasteiger partial charge in [-0.05, 0) is 44.2 Å². The number of hydrogen-bond donors (Lipinski definition) is 1. The van der Waals surface area contributed by atoms with Crippen LogP contribution in [0.3, 0.4) is 0 Å². The van der Waals surface area contributed by atoms with Crippen molar-refractivity contribution >= 4 is 22.3 Å². The standard InChI is InChI=1S/C19H17F3N2O/c1-3-25-18-7-5-4-6-15(18)24-16-10-12(2)23-17-11-13(19(20,21)22)8-9-14(16)17/h4-11H,3H2,1-2H3,(H,23,24). The number of para-hydroxylation sites is 2. The van der Waals surface area contributed by atoms with Crippen molar-refractivity contribution in [3.8, 4) is 5.75 Å². The second kappa shape index (κ2) is 6.63. The first-order valence-electron chi connectivity index (χ1n) is 7.86. The van der Waals surface area contributed by atoms with E-state index in [1.54, 1.807) is 13.0 Å². The third-order valence-electron chi connectivity index (χ3n) is 3.72. The third kappa shape index (κ3) is 3.68. The van der Waals surface area contributed by atoms with Crippen molar-refractivity contribution in [3.05, 3.63) is 59.8 Å². The number of rotatable bonds is 4. The normalized spacial score (nSPS) is 11.6. The van der Waals surface area contributed by atoms with Crippen LogP contribution < -0.4 is 10.1 Å². The number of nitrogens with zero attached hydrogens (tertiary/aromatic N) is 1. The highest BCUT2D eigenvalue weighted by Crippen LogP contribution is 2.35. The Morgan fingerprint density at radius 3 is 2.52 bits per heavy atom. The lowest BCUT2D eigenvalue weighted by atomic mass is 10.1. The van der Waals surface area contributed by atoms with E-state index in [-0.39, 0.29) is 0 Å². The molecule has 0 fully saturated rings. The lowest BCUT2D eigenvalue weighted by molar-refractivity contribution is -0.137. The molecule has 0 saturated heterocycles. The smallest absolute Gasteiger partial charge is 0.416 e. The zero-order valence-corrected chi connectivity index (χ0v) is 13.8. The first-order valence-corrected chi connectivity index (χ1v) is 7.86. The summed E-state index contributed by atoms with van der Waals surface area (Å²) in [5.41, 5.74) is 1.65. The summed E-state index contributed by atoms with van der Waals surface area (Å²) in [5.74, 6) is 0.680. The molecule has 0 spiro atoms. The Bertz CT molecular complexity index is 907. The van der Waals surface area contributed by atoms with Crippen LogP contribution in [0.4, 0.5) is 24.5 Å². The van der Waals surface area contributed by atoms with Crippen LogP contribution in [-0.4, -0.2) is 11.6 Å². The van der Waals surface area contributed by atoms with Crippen LogP contribution in [0.15, 0.2) is 48.5 Å². The topological polar surface area (TPSA) is 34.1 Å². The molecule has 3 aromatic rings. The molecule has 0 aliphatic heterocycles. The predicted octanol–water partition coefficient (Wildman–Crippen LogP) is 5.70. The second-order valence-electron chi connectivity index (χ2n) is 5.60. The minimum absolute atomic E-state index is 0.297. The molecule has 6 heteroatoms. The number of benzene rings is 2. The summed E-state index contributed by atoms with van der Waals surface area (Å²) in [6, 6.07) is 12.8. The Kier molecular flexibility index (Phi) is 4.53. The minimum Gasteiger partial charge on any atom is -0.492 e. The number of fused-ring (bicyclic) bond motifs is 1. The van der Waals surface area contributed by atoms with Gasteiger partial charge in [0, 0.05) is 16.8 Å². The van der Waals surface area contributed by atoms with E-state index in [0.29, 0.717) is 34.6 Å². The molecule has 0 amide bonds. The molecule has 1 N–H and O–H groups in total. The lowest BCUT2D eigenvalue weighted by Gasteiger charge is -2.15. The maximum absolute atomic E-state index is 12.9. The summed E-state index contributed by atoms with van der Waals surface area (Å²) < 4.78 is 44.4. The Morgan fingerprint density at radius 2 is 1.80 bits per heavy atom. The van der Waals surface area contributed by atoms with E-state index in [4.69, 9.17) is 4.74 Å². The van der Waals surface area contributed by atoms with Gasteiger partial charge in [-0.2, -0.15) is 13.2 Å². The molecule has 0 bridgehead atoms. The summed E-state index contributed by atoms with van der Waals surface area (Å²) in [5, 5.41) is 3.87. The van der Waals surface area contributed by atoms with Gasteiger partial charge in [0.1, 0.15) is 5.75 Å². The van der Waals surface area contributed by atoms with E-state index < -0.39 is 11.7 Å². The fraction of sp³-hybridized carbons (Fsp3) is 0.211. The van der Waals surface area contributed by atoms with Gasteiger partial charge in [0.2, 0.25) is 0 Å². The highest BCUT2D eigenvalue weighted by atomic mass is 19.4. The van der Waals surface area contributed by atoms with Crippen molar-refractivity contribution < 1.29 is 17.9 Å². The number of halogens is 3. The number of hydrogen-bond acceptors (Lipinski definition) is 3. The van der Waals surface area contributed by atoms with Gasteiger partial charge >= 0.3 is 6.18 Å². The number of nitrogens with one attached hydrogen (secondary N) is 1. The summed E-state index contributed by atoms with van der Waals surface area (Å²) in [7, 11) is 0. The van der Waals surface area contributed by atoms with E-state index in [1.807, 2.05) is 31.2 Å². The zero-order valence-electron chi connectivity index (χ0n) is 13.8.